The molecule has 0 saturated carbocycles. The Kier molecular flexibility index (Phi) is 4.04. The lowest BCUT2D eigenvalue weighted by Gasteiger charge is -2.29. The molecule has 120 valence electrons. The smallest absolute Gasteiger partial charge is 0.371 e. The number of nitrogens with one attached hydrogen (secondary N) is 1. The van der Waals surface area contributed by atoms with E-state index in [0.29, 0.717) is 22.1 Å². The van der Waals surface area contributed by atoms with Gasteiger partial charge < -0.3 is 11.1 Å². The van der Waals surface area contributed by atoms with Crippen molar-refractivity contribution >= 4 is 28.7 Å². The van der Waals surface area contributed by atoms with Crippen molar-refractivity contribution in [3.05, 3.63) is 58.6 Å². The van der Waals surface area contributed by atoms with Crippen molar-refractivity contribution in [1.82, 2.24) is 0 Å². The van der Waals surface area contributed by atoms with Gasteiger partial charge in [0.25, 0.3) is 0 Å². The van der Waals surface area contributed by atoms with Gasteiger partial charge in [-0.25, -0.2) is 0 Å². The minimum Gasteiger partial charge on any atom is -0.371 e. The van der Waals surface area contributed by atoms with E-state index < -0.39 is 17.8 Å². The molecule has 0 aromatic heterocycles. The summed E-state index contributed by atoms with van der Waals surface area (Å²) in [6.45, 7) is 0.0223. The van der Waals surface area contributed by atoms with Gasteiger partial charge in [0, 0.05) is 6.54 Å². The van der Waals surface area contributed by atoms with E-state index in [2.05, 4.69) is 10.3 Å². The highest BCUT2D eigenvalue weighted by atomic mass is 35.5. The summed E-state index contributed by atoms with van der Waals surface area (Å²) in [7, 11) is 0. The highest BCUT2D eigenvalue weighted by Crippen LogP contribution is 2.42. The molecule has 1 atom stereocenters. The molecular weight excluding hydrogens is 327 g/mol. The maximum Gasteiger partial charge on any atom is 0.416 e. The molecule has 3 rings (SSSR count). The third-order valence-electron chi connectivity index (χ3n) is 3.66. The molecule has 0 radical (unpaired) electrons. The number of hydrogen-bond donors (Lipinski definition) is 2. The quantitative estimate of drug-likeness (QED) is 0.843. The summed E-state index contributed by atoms with van der Waals surface area (Å²) in [6, 6.07) is 9.77. The van der Waals surface area contributed by atoms with Crippen LogP contribution in [-0.2, 0) is 6.18 Å². The Morgan fingerprint density at radius 2 is 1.87 bits per heavy atom. The summed E-state index contributed by atoms with van der Waals surface area (Å²) in [6.07, 6.45) is -4.45. The number of fused-ring (bicyclic) bond motifs is 1. The fourth-order valence-electron chi connectivity index (χ4n) is 2.62. The molecule has 1 aliphatic heterocycles. The zero-order valence-corrected chi connectivity index (χ0v) is 12.6. The molecule has 23 heavy (non-hydrogen) atoms. The van der Waals surface area contributed by atoms with Crippen LogP contribution in [0.25, 0.3) is 0 Å². The maximum absolute atomic E-state index is 13.3. The summed E-state index contributed by atoms with van der Waals surface area (Å²) < 4.78 is 39.8. The second kappa shape index (κ2) is 5.86. The van der Waals surface area contributed by atoms with E-state index in [1.165, 1.54) is 12.1 Å². The van der Waals surface area contributed by atoms with Crippen LogP contribution in [0.4, 0.5) is 24.5 Å². The van der Waals surface area contributed by atoms with Gasteiger partial charge in [0.05, 0.1) is 28.0 Å². The molecule has 1 heterocycles. The van der Waals surface area contributed by atoms with Crippen LogP contribution >= 0.6 is 11.6 Å². The van der Waals surface area contributed by atoms with Crippen LogP contribution in [0.5, 0.6) is 0 Å². The van der Waals surface area contributed by atoms with E-state index in [9.17, 15) is 13.2 Å². The topological polar surface area (TPSA) is 50.4 Å². The first-order valence-corrected chi connectivity index (χ1v) is 7.28. The number of nitrogens with two attached hydrogens (primary N) is 1. The molecule has 0 spiro atoms. The molecular formula is C16H13ClF3N3. The minimum absolute atomic E-state index is 0.0223. The van der Waals surface area contributed by atoms with Crippen LogP contribution in [0.1, 0.15) is 17.2 Å². The highest BCUT2D eigenvalue weighted by molar-refractivity contribution is 6.34. The average Bonchev–Trinajstić information content (AvgIpc) is 2.53. The molecule has 0 saturated heterocycles. The molecule has 3 N–H and O–H groups in total. The summed E-state index contributed by atoms with van der Waals surface area (Å²) in [5.74, 6) is 0. The van der Waals surface area contributed by atoms with Crippen molar-refractivity contribution in [1.29, 1.82) is 0 Å². The van der Waals surface area contributed by atoms with E-state index in [0.717, 1.165) is 6.07 Å². The summed E-state index contributed by atoms with van der Waals surface area (Å²) in [4.78, 5) is 4.37. The van der Waals surface area contributed by atoms with Gasteiger partial charge in [0.2, 0.25) is 0 Å². The molecule has 0 aliphatic carbocycles. The zero-order valence-electron chi connectivity index (χ0n) is 11.9. The number of aliphatic imine (C=N–C) groups is 1. The predicted octanol–water partition coefficient (Wildman–Crippen LogP) is 4.56. The van der Waals surface area contributed by atoms with Crippen molar-refractivity contribution in [3.63, 3.8) is 0 Å². The lowest BCUT2D eigenvalue weighted by Crippen LogP contribution is -2.31. The van der Waals surface area contributed by atoms with Crippen molar-refractivity contribution < 1.29 is 13.2 Å². The first-order chi connectivity index (χ1) is 10.9. The number of alkyl halides is 3. The fourth-order valence-corrected chi connectivity index (χ4v) is 2.84. The Morgan fingerprint density at radius 3 is 2.57 bits per heavy atom. The largest absolute Gasteiger partial charge is 0.416 e. The summed E-state index contributed by atoms with van der Waals surface area (Å²) >= 11 is 6.09. The van der Waals surface area contributed by atoms with Crippen molar-refractivity contribution in [3.8, 4) is 0 Å². The Hall–Kier alpha value is -2.05. The fraction of sp³-hybridized carbons (Fsp3) is 0.188. The number of anilines is 1. The normalized spacial score (nSPS) is 17.3. The van der Waals surface area contributed by atoms with Gasteiger partial charge in [-0.1, -0.05) is 35.9 Å². The molecule has 1 aliphatic rings. The van der Waals surface area contributed by atoms with Crippen molar-refractivity contribution in [2.75, 3.05) is 11.9 Å². The predicted molar refractivity (Wildman–Crippen MR) is 85.4 cm³/mol. The van der Waals surface area contributed by atoms with E-state index in [1.54, 1.807) is 24.3 Å². The lowest BCUT2D eigenvalue weighted by molar-refractivity contribution is -0.138. The average molecular weight is 340 g/mol. The van der Waals surface area contributed by atoms with Crippen LogP contribution in [-0.4, -0.2) is 12.3 Å². The molecule has 0 amide bonds. The second-order valence-corrected chi connectivity index (χ2v) is 5.51. The first kappa shape index (κ1) is 15.8. The Balaban J connectivity index is 2.13. The number of para-hydroxylation sites is 1. The van der Waals surface area contributed by atoms with Crippen LogP contribution in [0.3, 0.4) is 0 Å². The van der Waals surface area contributed by atoms with Gasteiger partial charge in [-0.2, -0.15) is 13.2 Å². The van der Waals surface area contributed by atoms with Crippen molar-refractivity contribution in [2.24, 2.45) is 10.7 Å². The Labute approximate surface area is 136 Å². The zero-order chi connectivity index (χ0) is 16.6. The SMILES string of the molecule is NCC1=Nc2c(Cl)cccc2NC1c1ccccc1C(F)(F)F. The van der Waals surface area contributed by atoms with Gasteiger partial charge in [-0.3, -0.25) is 4.99 Å². The molecule has 7 heteroatoms. The number of benzene rings is 2. The van der Waals surface area contributed by atoms with Crippen LogP contribution in [0.2, 0.25) is 5.02 Å². The number of hydrogen-bond acceptors (Lipinski definition) is 3. The molecule has 2 aromatic rings. The van der Waals surface area contributed by atoms with E-state index in [4.69, 9.17) is 17.3 Å². The number of nitrogens with zero attached hydrogens (tertiary/aromatic N) is 1. The van der Waals surface area contributed by atoms with E-state index in [1.807, 2.05) is 0 Å². The summed E-state index contributed by atoms with van der Waals surface area (Å²) in [5, 5.41) is 3.49. The van der Waals surface area contributed by atoms with Crippen molar-refractivity contribution in [2.45, 2.75) is 12.2 Å². The molecule has 2 aromatic carbocycles. The Morgan fingerprint density at radius 1 is 1.13 bits per heavy atom. The van der Waals surface area contributed by atoms with Crippen LogP contribution < -0.4 is 11.1 Å². The standard InChI is InChI=1S/C16H13ClF3N3/c17-11-6-3-7-12-15(11)23-13(8-21)14(22-12)9-4-1-2-5-10(9)16(18,19)20/h1-7,14,22H,8,21H2. The summed E-state index contributed by atoms with van der Waals surface area (Å²) in [5.41, 5.74) is 6.57. The van der Waals surface area contributed by atoms with Gasteiger partial charge in [-0.15, -0.1) is 0 Å². The second-order valence-electron chi connectivity index (χ2n) is 5.11. The lowest BCUT2D eigenvalue weighted by atomic mass is 9.94. The van der Waals surface area contributed by atoms with Crippen LogP contribution in [0, 0.1) is 0 Å². The third-order valence-corrected chi connectivity index (χ3v) is 3.97. The molecule has 1 unspecified atom stereocenters. The van der Waals surface area contributed by atoms with Gasteiger partial charge in [0.15, 0.2) is 0 Å². The third kappa shape index (κ3) is 2.92. The molecule has 3 nitrogen and oxygen atoms in total. The number of halogens is 4. The van der Waals surface area contributed by atoms with Crippen LogP contribution in [0.15, 0.2) is 47.5 Å². The maximum atomic E-state index is 13.3. The number of rotatable bonds is 2. The highest BCUT2D eigenvalue weighted by Gasteiger charge is 2.37. The Bertz CT molecular complexity index is 771. The van der Waals surface area contributed by atoms with Gasteiger partial charge in [0.1, 0.15) is 5.69 Å². The first-order valence-electron chi connectivity index (χ1n) is 6.90. The van der Waals surface area contributed by atoms with E-state index >= 15 is 0 Å². The molecule has 0 bridgehead atoms. The van der Waals surface area contributed by atoms with E-state index in [-0.39, 0.29) is 12.1 Å². The molecule has 0 fully saturated rings. The van der Waals surface area contributed by atoms with Gasteiger partial charge in [-0.05, 0) is 23.8 Å². The monoisotopic (exact) mass is 339 g/mol. The minimum atomic E-state index is -4.45. The van der Waals surface area contributed by atoms with Gasteiger partial charge >= 0.3 is 6.18 Å².